The Hall–Kier alpha value is -2.05. The largest absolute Gasteiger partial charge is 0.487 e. The van der Waals surface area contributed by atoms with Crippen LogP contribution in [0.5, 0.6) is 5.75 Å². The highest BCUT2D eigenvalue weighted by molar-refractivity contribution is 6.32. The summed E-state index contributed by atoms with van der Waals surface area (Å²) in [6.45, 7) is 7.42. The summed E-state index contributed by atoms with van der Waals surface area (Å²) >= 11 is 12.3. The van der Waals surface area contributed by atoms with E-state index in [1.165, 1.54) is 0 Å². The summed E-state index contributed by atoms with van der Waals surface area (Å²) in [5, 5.41) is 12.4. The number of halogens is 2. The molecule has 0 aromatic carbocycles. The minimum atomic E-state index is -0.0394. The number of rotatable bonds is 4. The van der Waals surface area contributed by atoms with Crippen molar-refractivity contribution in [3.05, 3.63) is 40.8 Å². The van der Waals surface area contributed by atoms with Crippen molar-refractivity contribution in [3.63, 3.8) is 0 Å². The third-order valence-electron chi connectivity index (χ3n) is 5.18. The first-order valence-corrected chi connectivity index (χ1v) is 9.29. The van der Waals surface area contributed by atoms with Crippen molar-refractivity contribution >= 4 is 40.8 Å². The maximum absolute atomic E-state index is 6.21. The highest BCUT2D eigenvalue weighted by atomic mass is 35.5. The number of anilines is 2. The summed E-state index contributed by atoms with van der Waals surface area (Å²) < 4.78 is 6.20. The van der Waals surface area contributed by atoms with Gasteiger partial charge < -0.3 is 15.0 Å². The van der Waals surface area contributed by atoms with Gasteiger partial charge in [0.15, 0.2) is 11.0 Å². The molecule has 1 fully saturated rings. The molecule has 8 heteroatoms. The molecule has 0 amide bonds. The zero-order chi connectivity index (χ0) is 18.3. The lowest BCUT2D eigenvalue weighted by Crippen LogP contribution is -2.52. The first-order valence-electron chi connectivity index (χ1n) is 8.54. The van der Waals surface area contributed by atoms with Crippen molar-refractivity contribution in [1.29, 1.82) is 0 Å². The van der Waals surface area contributed by atoms with E-state index < -0.39 is 0 Å². The van der Waals surface area contributed by atoms with Crippen LogP contribution in [-0.2, 0) is 0 Å². The minimum Gasteiger partial charge on any atom is -0.487 e. The first kappa shape index (κ1) is 17.4. The van der Waals surface area contributed by atoms with Gasteiger partial charge in [0.25, 0.3) is 0 Å². The van der Waals surface area contributed by atoms with E-state index in [1.807, 2.05) is 6.07 Å². The second kappa shape index (κ2) is 6.59. The third kappa shape index (κ3) is 2.87. The standard InChI is InChI=1S/C18H19Cl2N5O/c1-3-14-13(19)5-11(8-21-14)26-12-7-18(4-2)10-22-17-15(25(18)9-12)6-16(20)23-24-17/h3,5-6,8,12H,1,4,7,9-10H2,2H3,(H,22,24)/t12-,18+/m1/s1. The lowest BCUT2D eigenvalue weighted by atomic mass is 9.90. The van der Waals surface area contributed by atoms with E-state index in [4.69, 9.17) is 27.9 Å². The smallest absolute Gasteiger partial charge is 0.172 e. The number of nitrogens with zero attached hydrogens (tertiary/aromatic N) is 4. The first-order chi connectivity index (χ1) is 12.5. The number of hydrogen-bond donors (Lipinski definition) is 1. The van der Waals surface area contributed by atoms with Crippen molar-refractivity contribution in [3.8, 4) is 5.75 Å². The summed E-state index contributed by atoms with van der Waals surface area (Å²) in [5.41, 5.74) is 1.59. The topological polar surface area (TPSA) is 63.2 Å². The van der Waals surface area contributed by atoms with Crippen molar-refractivity contribution in [1.82, 2.24) is 15.2 Å². The van der Waals surface area contributed by atoms with Gasteiger partial charge in [-0.15, -0.1) is 10.2 Å². The number of nitrogens with one attached hydrogen (secondary N) is 1. The van der Waals surface area contributed by atoms with Gasteiger partial charge in [-0.2, -0.15) is 0 Å². The number of aromatic nitrogens is 3. The molecule has 1 saturated heterocycles. The summed E-state index contributed by atoms with van der Waals surface area (Å²) in [7, 11) is 0. The third-order valence-corrected chi connectivity index (χ3v) is 5.67. The van der Waals surface area contributed by atoms with Crippen LogP contribution in [0.25, 0.3) is 6.08 Å². The van der Waals surface area contributed by atoms with Gasteiger partial charge in [-0.25, -0.2) is 0 Å². The Bertz CT molecular complexity index is 861. The molecular weight excluding hydrogens is 373 g/mol. The summed E-state index contributed by atoms with van der Waals surface area (Å²) in [6, 6.07) is 3.65. The Morgan fingerprint density at radius 3 is 3.00 bits per heavy atom. The van der Waals surface area contributed by atoms with Gasteiger partial charge in [0.1, 0.15) is 11.9 Å². The highest BCUT2D eigenvalue weighted by Crippen LogP contribution is 2.44. The summed E-state index contributed by atoms with van der Waals surface area (Å²) in [6.07, 6.45) is 5.20. The molecule has 0 spiro atoms. The van der Waals surface area contributed by atoms with Crippen LogP contribution in [0.3, 0.4) is 0 Å². The van der Waals surface area contributed by atoms with Crippen LogP contribution >= 0.6 is 23.2 Å². The second-order valence-corrected chi connectivity index (χ2v) is 7.42. The SMILES string of the molecule is C=Cc1ncc(O[C@H]2CN3c4cc(Cl)nnc4NC[C@]3(CC)C2)cc1Cl. The molecule has 0 saturated carbocycles. The molecule has 0 bridgehead atoms. The van der Waals surface area contributed by atoms with Gasteiger partial charge in [0.05, 0.1) is 34.7 Å². The lowest BCUT2D eigenvalue weighted by molar-refractivity contribution is 0.209. The zero-order valence-electron chi connectivity index (χ0n) is 14.4. The van der Waals surface area contributed by atoms with E-state index in [9.17, 15) is 0 Å². The Morgan fingerprint density at radius 1 is 1.42 bits per heavy atom. The van der Waals surface area contributed by atoms with Crippen molar-refractivity contribution in [2.75, 3.05) is 23.3 Å². The molecular formula is C18H19Cl2N5O. The van der Waals surface area contributed by atoms with E-state index in [0.717, 1.165) is 37.4 Å². The maximum Gasteiger partial charge on any atom is 0.172 e. The Morgan fingerprint density at radius 2 is 2.27 bits per heavy atom. The molecule has 2 aliphatic rings. The molecule has 4 heterocycles. The Balaban J connectivity index is 1.60. The van der Waals surface area contributed by atoms with Crippen LogP contribution in [0.2, 0.25) is 10.2 Å². The van der Waals surface area contributed by atoms with Gasteiger partial charge in [-0.05, 0) is 12.5 Å². The highest BCUT2D eigenvalue weighted by Gasteiger charge is 2.48. The molecule has 1 N–H and O–H groups in total. The molecule has 6 nitrogen and oxygen atoms in total. The Labute approximate surface area is 162 Å². The molecule has 136 valence electrons. The molecule has 0 aliphatic carbocycles. The second-order valence-electron chi connectivity index (χ2n) is 6.63. The van der Waals surface area contributed by atoms with Crippen LogP contribution in [0.4, 0.5) is 11.5 Å². The van der Waals surface area contributed by atoms with Crippen molar-refractivity contribution in [2.45, 2.75) is 31.4 Å². The fourth-order valence-corrected chi connectivity index (χ4v) is 4.21. The predicted molar refractivity (Wildman–Crippen MR) is 104 cm³/mol. The van der Waals surface area contributed by atoms with Crippen LogP contribution in [0.15, 0.2) is 24.9 Å². The molecule has 26 heavy (non-hydrogen) atoms. The fourth-order valence-electron chi connectivity index (χ4n) is 3.83. The lowest BCUT2D eigenvalue weighted by Gasteiger charge is -2.43. The predicted octanol–water partition coefficient (Wildman–Crippen LogP) is 4.05. The average molecular weight is 392 g/mol. The molecule has 2 aromatic rings. The number of pyridine rings is 1. The van der Waals surface area contributed by atoms with Crippen LogP contribution in [-0.4, -0.2) is 39.9 Å². The van der Waals surface area contributed by atoms with Crippen LogP contribution in [0.1, 0.15) is 25.5 Å². The summed E-state index contributed by atoms with van der Waals surface area (Å²) in [4.78, 5) is 6.62. The van der Waals surface area contributed by atoms with E-state index in [2.05, 4.69) is 38.9 Å². The van der Waals surface area contributed by atoms with Gasteiger partial charge in [0.2, 0.25) is 0 Å². The quantitative estimate of drug-likeness (QED) is 0.847. The molecule has 2 aliphatic heterocycles. The average Bonchev–Trinajstić information content (AvgIpc) is 3.01. The molecule has 0 unspecified atom stereocenters. The zero-order valence-corrected chi connectivity index (χ0v) is 15.9. The van der Waals surface area contributed by atoms with E-state index in [-0.39, 0.29) is 11.6 Å². The van der Waals surface area contributed by atoms with E-state index in [1.54, 1.807) is 18.3 Å². The molecule has 4 rings (SSSR count). The number of hydrogen-bond acceptors (Lipinski definition) is 6. The van der Waals surface area contributed by atoms with Gasteiger partial charge in [-0.3, -0.25) is 4.98 Å². The molecule has 0 radical (unpaired) electrons. The summed E-state index contributed by atoms with van der Waals surface area (Å²) in [5.74, 6) is 1.43. The normalized spacial score (nSPS) is 23.8. The van der Waals surface area contributed by atoms with Gasteiger partial charge in [0, 0.05) is 25.1 Å². The van der Waals surface area contributed by atoms with Gasteiger partial charge in [-0.1, -0.05) is 36.7 Å². The van der Waals surface area contributed by atoms with Crippen LogP contribution < -0.4 is 15.0 Å². The van der Waals surface area contributed by atoms with E-state index >= 15 is 0 Å². The number of fused-ring (bicyclic) bond motifs is 3. The number of ether oxygens (including phenoxy) is 1. The minimum absolute atomic E-state index is 0.0158. The Kier molecular flexibility index (Phi) is 4.40. The molecule has 2 aromatic heterocycles. The van der Waals surface area contributed by atoms with E-state index in [0.29, 0.717) is 21.6 Å². The van der Waals surface area contributed by atoms with Crippen LogP contribution in [0, 0.1) is 0 Å². The van der Waals surface area contributed by atoms with Gasteiger partial charge >= 0.3 is 0 Å². The van der Waals surface area contributed by atoms with Crippen molar-refractivity contribution < 1.29 is 4.74 Å². The monoisotopic (exact) mass is 391 g/mol. The molecule has 2 atom stereocenters. The van der Waals surface area contributed by atoms with Crippen molar-refractivity contribution in [2.24, 2.45) is 0 Å². The fraction of sp³-hybridized carbons (Fsp3) is 0.389. The maximum atomic E-state index is 6.21.